The van der Waals surface area contributed by atoms with Crippen LogP contribution in [0.25, 0.3) is 0 Å². The number of carbonyl (C=O) groups is 1. The lowest BCUT2D eigenvalue weighted by Crippen LogP contribution is -2.14. The molecule has 0 aliphatic rings. The number of hydrogen-bond acceptors (Lipinski definition) is 4. The first-order chi connectivity index (χ1) is 13.8. The van der Waals surface area contributed by atoms with Crippen molar-refractivity contribution >= 4 is 5.97 Å². The third-order valence-corrected chi connectivity index (χ3v) is 4.61. The van der Waals surface area contributed by atoms with E-state index in [4.69, 9.17) is 14.2 Å². The Labute approximate surface area is 176 Å². The molecule has 0 radical (unpaired) electrons. The van der Waals surface area contributed by atoms with Gasteiger partial charge in [0.15, 0.2) is 0 Å². The molecule has 0 heterocycles. The van der Waals surface area contributed by atoms with Crippen molar-refractivity contribution in [3.05, 3.63) is 46.1 Å². The monoisotopic (exact) mass is 402 g/mol. The second-order valence-corrected chi connectivity index (χ2v) is 7.68. The Morgan fingerprint density at radius 1 is 1.03 bits per heavy atom. The van der Waals surface area contributed by atoms with Crippen LogP contribution in [0.15, 0.2) is 29.4 Å². The Kier molecular flexibility index (Phi) is 11.2. The summed E-state index contributed by atoms with van der Waals surface area (Å²) in [5.41, 5.74) is 4.73. The summed E-state index contributed by atoms with van der Waals surface area (Å²) in [4.78, 5) is 12.9. The van der Waals surface area contributed by atoms with Crippen LogP contribution in [-0.2, 0) is 17.6 Å². The summed E-state index contributed by atoms with van der Waals surface area (Å²) in [6.45, 7) is 12.9. The highest BCUT2D eigenvalue weighted by atomic mass is 16.5. The van der Waals surface area contributed by atoms with Gasteiger partial charge in [-0.15, -0.1) is 0 Å². The highest BCUT2D eigenvalue weighted by Gasteiger charge is 2.25. The second-order valence-electron chi connectivity index (χ2n) is 7.68. The van der Waals surface area contributed by atoms with Gasteiger partial charge in [0.1, 0.15) is 23.7 Å². The molecule has 0 fully saturated rings. The maximum atomic E-state index is 12.9. The normalized spacial score (nSPS) is 10.3. The highest BCUT2D eigenvalue weighted by Crippen LogP contribution is 2.37. The fraction of sp³-hybridized carbons (Fsp3) is 0.560. The van der Waals surface area contributed by atoms with Crippen molar-refractivity contribution in [1.82, 2.24) is 0 Å². The number of carbonyl (C=O) groups excluding carboxylic acids is 1. The maximum Gasteiger partial charge on any atom is 0.342 e. The zero-order valence-corrected chi connectivity index (χ0v) is 19.3. The zero-order valence-electron chi connectivity index (χ0n) is 19.3. The highest BCUT2D eigenvalue weighted by molar-refractivity contribution is 5.95. The van der Waals surface area contributed by atoms with Crippen molar-refractivity contribution in [2.75, 3.05) is 20.3 Å². The van der Waals surface area contributed by atoms with Gasteiger partial charge in [0.2, 0.25) is 0 Å². The predicted octanol–water partition coefficient (Wildman–Crippen LogP) is 6.46. The molecule has 0 aromatic heterocycles. The molecule has 1 aromatic rings. The molecular formula is C25H38O4. The second kappa shape index (κ2) is 13.1. The first kappa shape index (κ1) is 24.8. The van der Waals surface area contributed by atoms with Gasteiger partial charge in [-0.1, -0.05) is 37.0 Å². The van der Waals surface area contributed by atoms with E-state index in [0.29, 0.717) is 30.9 Å². The lowest BCUT2D eigenvalue weighted by molar-refractivity contribution is 0.0520. The van der Waals surface area contributed by atoms with E-state index >= 15 is 0 Å². The molecule has 0 aliphatic heterocycles. The van der Waals surface area contributed by atoms with Gasteiger partial charge in [0.05, 0.1) is 13.7 Å². The largest absolute Gasteiger partial charge is 0.496 e. The number of benzene rings is 1. The van der Waals surface area contributed by atoms with E-state index in [0.717, 1.165) is 42.6 Å². The average Bonchev–Trinajstić information content (AvgIpc) is 2.66. The number of unbranched alkanes of at least 4 members (excludes halogenated alkanes) is 2. The van der Waals surface area contributed by atoms with Crippen LogP contribution in [-0.4, -0.2) is 26.3 Å². The van der Waals surface area contributed by atoms with Crippen LogP contribution in [0, 0.1) is 0 Å². The third kappa shape index (κ3) is 7.96. The summed E-state index contributed by atoms with van der Waals surface area (Å²) in [7, 11) is 1.67. The number of esters is 1. The number of ether oxygens (including phenoxy) is 3. The van der Waals surface area contributed by atoms with Gasteiger partial charge in [-0.25, -0.2) is 4.79 Å². The smallest absolute Gasteiger partial charge is 0.342 e. The van der Waals surface area contributed by atoms with E-state index in [1.165, 1.54) is 11.1 Å². The van der Waals surface area contributed by atoms with Crippen LogP contribution in [0.5, 0.6) is 11.5 Å². The molecule has 0 aliphatic carbocycles. The number of hydrogen-bond donors (Lipinski definition) is 0. The minimum atomic E-state index is -0.327. The van der Waals surface area contributed by atoms with Crippen LogP contribution in [0.2, 0.25) is 0 Å². The molecule has 0 unspecified atom stereocenters. The summed E-state index contributed by atoms with van der Waals surface area (Å²) in [6.07, 6.45) is 8.80. The Balaban J connectivity index is 3.61. The molecule has 4 heteroatoms. The maximum absolute atomic E-state index is 12.9. The summed E-state index contributed by atoms with van der Waals surface area (Å²) in [5, 5.41) is 0. The number of rotatable bonds is 12. The lowest BCUT2D eigenvalue weighted by atomic mass is 9.94. The predicted molar refractivity (Wildman–Crippen MR) is 120 cm³/mol. The van der Waals surface area contributed by atoms with Crippen LogP contribution < -0.4 is 9.47 Å². The van der Waals surface area contributed by atoms with Crippen molar-refractivity contribution in [3.8, 4) is 11.5 Å². The third-order valence-electron chi connectivity index (χ3n) is 4.61. The molecule has 0 N–H and O–H groups in total. The average molecular weight is 403 g/mol. The summed E-state index contributed by atoms with van der Waals surface area (Å²) in [5.74, 6) is 1.02. The Bertz CT molecular complexity index is 721. The fourth-order valence-electron chi connectivity index (χ4n) is 3.05. The van der Waals surface area contributed by atoms with Gasteiger partial charge < -0.3 is 14.2 Å². The standard InChI is InChI=1S/C25H38O4/c1-8-10-11-12-20-17-22(27-7)21(14-13-18(3)4)24(29-16-15-19(5)6)23(20)25(26)28-9-2/h13,15,17H,8-12,14,16H2,1-7H3. The number of methoxy groups -OCH3 is 1. The van der Waals surface area contributed by atoms with E-state index in [1.54, 1.807) is 7.11 Å². The van der Waals surface area contributed by atoms with Crippen molar-refractivity contribution < 1.29 is 19.0 Å². The molecule has 162 valence electrons. The van der Waals surface area contributed by atoms with E-state index in [1.807, 2.05) is 32.9 Å². The molecule has 1 rings (SSSR count). The van der Waals surface area contributed by atoms with Crippen molar-refractivity contribution in [1.29, 1.82) is 0 Å². The molecule has 29 heavy (non-hydrogen) atoms. The van der Waals surface area contributed by atoms with Crippen LogP contribution in [0.4, 0.5) is 0 Å². The molecule has 0 atom stereocenters. The van der Waals surface area contributed by atoms with Gasteiger partial charge in [-0.3, -0.25) is 0 Å². The van der Waals surface area contributed by atoms with E-state index in [-0.39, 0.29) is 5.97 Å². The molecule has 4 nitrogen and oxygen atoms in total. The van der Waals surface area contributed by atoms with Crippen LogP contribution in [0.1, 0.15) is 82.3 Å². The van der Waals surface area contributed by atoms with Crippen molar-refractivity contribution in [2.45, 2.75) is 73.6 Å². The number of aryl methyl sites for hydroxylation is 1. The molecule has 0 spiro atoms. The fourth-order valence-corrected chi connectivity index (χ4v) is 3.05. The number of allylic oxidation sites excluding steroid dienone is 3. The first-order valence-electron chi connectivity index (χ1n) is 10.6. The first-order valence-corrected chi connectivity index (χ1v) is 10.6. The molecule has 0 saturated heterocycles. The Morgan fingerprint density at radius 2 is 1.72 bits per heavy atom. The van der Waals surface area contributed by atoms with Gasteiger partial charge in [-0.05, 0) is 71.6 Å². The minimum Gasteiger partial charge on any atom is -0.496 e. The molecule has 0 amide bonds. The summed E-state index contributed by atoms with van der Waals surface area (Å²) in [6, 6.07) is 1.99. The van der Waals surface area contributed by atoms with E-state index in [9.17, 15) is 4.79 Å². The van der Waals surface area contributed by atoms with Crippen molar-refractivity contribution in [2.24, 2.45) is 0 Å². The van der Waals surface area contributed by atoms with Crippen molar-refractivity contribution in [3.63, 3.8) is 0 Å². The molecular weight excluding hydrogens is 364 g/mol. The quantitative estimate of drug-likeness (QED) is 0.229. The van der Waals surface area contributed by atoms with Gasteiger partial charge in [0, 0.05) is 5.56 Å². The SMILES string of the molecule is CCCCCc1cc(OC)c(CC=C(C)C)c(OCC=C(C)C)c1C(=O)OCC. The molecule has 1 aromatic carbocycles. The lowest BCUT2D eigenvalue weighted by Gasteiger charge is -2.20. The Morgan fingerprint density at radius 3 is 2.28 bits per heavy atom. The van der Waals surface area contributed by atoms with Gasteiger partial charge in [-0.2, -0.15) is 0 Å². The van der Waals surface area contributed by atoms with E-state index < -0.39 is 0 Å². The summed E-state index contributed by atoms with van der Waals surface area (Å²) < 4.78 is 17.3. The Hall–Kier alpha value is -2.23. The van der Waals surface area contributed by atoms with Gasteiger partial charge >= 0.3 is 5.97 Å². The minimum absolute atomic E-state index is 0.327. The van der Waals surface area contributed by atoms with E-state index in [2.05, 4.69) is 26.8 Å². The topological polar surface area (TPSA) is 44.8 Å². The zero-order chi connectivity index (χ0) is 21.8. The molecule has 0 saturated carbocycles. The molecule has 0 bridgehead atoms. The van der Waals surface area contributed by atoms with Crippen LogP contribution in [0.3, 0.4) is 0 Å². The van der Waals surface area contributed by atoms with Gasteiger partial charge in [0.25, 0.3) is 0 Å². The van der Waals surface area contributed by atoms with Crippen LogP contribution >= 0.6 is 0 Å². The summed E-state index contributed by atoms with van der Waals surface area (Å²) >= 11 is 0.